The predicted octanol–water partition coefficient (Wildman–Crippen LogP) is 5.81. The summed E-state index contributed by atoms with van der Waals surface area (Å²) in [4.78, 5) is 16.9. The van der Waals surface area contributed by atoms with Crippen molar-refractivity contribution in [1.29, 1.82) is 0 Å². The number of thiazole rings is 1. The second-order valence-electron chi connectivity index (χ2n) is 8.02. The Morgan fingerprint density at radius 2 is 1.70 bits per heavy atom. The molecule has 33 heavy (non-hydrogen) atoms. The number of nitrogens with one attached hydrogen (secondary N) is 1. The van der Waals surface area contributed by atoms with Crippen LogP contribution in [0.5, 0.6) is 5.75 Å². The first-order chi connectivity index (χ1) is 16.2. The molecule has 3 aromatic carbocycles. The van der Waals surface area contributed by atoms with Crippen LogP contribution in [0.2, 0.25) is 0 Å². The molecule has 1 heterocycles. The van der Waals surface area contributed by atoms with E-state index >= 15 is 0 Å². The van der Waals surface area contributed by atoms with Gasteiger partial charge in [0.2, 0.25) is 0 Å². The fourth-order valence-electron chi connectivity index (χ4n) is 4.38. The third-order valence-electron chi connectivity index (χ3n) is 5.89. The summed E-state index contributed by atoms with van der Waals surface area (Å²) in [6.07, 6.45) is 1.68. The van der Waals surface area contributed by atoms with Gasteiger partial charge in [0.05, 0.1) is 5.69 Å². The van der Waals surface area contributed by atoms with Gasteiger partial charge >= 0.3 is 5.97 Å². The van der Waals surface area contributed by atoms with E-state index in [-0.39, 0.29) is 6.61 Å². The molecule has 5 nitrogen and oxygen atoms in total. The van der Waals surface area contributed by atoms with Crippen LogP contribution in [0.4, 0.5) is 5.13 Å². The van der Waals surface area contributed by atoms with Gasteiger partial charge in [-0.1, -0.05) is 72.8 Å². The highest BCUT2D eigenvalue weighted by molar-refractivity contribution is 7.16. The lowest BCUT2D eigenvalue weighted by molar-refractivity contribution is -0.139. The Morgan fingerprint density at radius 3 is 2.36 bits per heavy atom. The van der Waals surface area contributed by atoms with Crippen LogP contribution in [0.1, 0.15) is 33.9 Å². The lowest BCUT2D eigenvalue weighted by Gasteiger charge is -2.18. The topological polar surface area (TPSA) is 71.5 Å². The van der Waals surface area contributed by atoms with Crippen molar-refractivity contribution in [3.05, 3.63) is 100 Å². The Morgan fingerprint density at radius 1 is 1.00 bits per heavy atom. The molecule has 0 unspecified atom stereocenters. The van der Waals surface area contributed by atoms with Gasteiger partial charge in [-0.25, -0.2) is 9.78 Å². The molecule has 0 spiro atoms. The number of anilines is 1. The molecule has 4 aromatic rings. The minimum atomic E-state index is -0.978. The van der Waals surface area contributed by atoms with Crippen molar-refractivity contribution in [3.8, 4) is 17.0 Å². The van der Waals surface area contributed by atoms with Gasteiger partial charge in [0.1, 0.15) is 5.75 Å². The molecule has 0 fully saturated rings. The van der Waals surface area contributed by atoms with Crippen LogP contribution in [0, 0.1) is 0 Å². The molecule has 0 saturated carbocycles. The number of aliphatic carboxylic acids is 1. The summed E-state index contributed by atoms with van der Waals surface area (Å²) in [6, 6.07) is 27.0. The quantitative estimate of drug-likeness (QED) is 0.293. The number of fused-ring (bicyclic) bond motifs is 3. The lowest BCUT2D eigenvalue weighted by atomic mass is 9.88. The standard InChI is InChI=1S/C27H24N2O3S/c30-25(31)17-32-23-13-7-12-21-22(23)16-24-26(21)29-27(33-24)28-15-14-20(18-8-3-1-4-9-18)19-10-5-2-6-11-19/h1-13,20H,14-17H2,(H,28,29)(H,30,31). The van der Waals surface area contributed by atoms with Crippen molar-refractivity contribution in [2.45, 2.75) is 18.8 Å². The van der Waals surface area contributed by atoms with Crippen LogP contribution in [0.15, 0.2) is 78.9 Å². The first kappa shape index (κ1) is 21.2. The predicted molar refractivity (Wildman–Crippen MR) is 131 cm³/mol. The van der Waals surface area contributed by atoms with Crippen LogP contribution in [0.3, 0.4) is 0 Å². The highest BCUT2D eigenvalue weighted by Crippen LogP contribution is 2.44. The summed E-state index contributed by atoms with van der Waals surface area (Å²) >= 11 is 1.66. The molecule has 0 saturated heterocycles. The summed E-state index contributed by atoms with van der Waals surface area (Å²) in [5, 5.41) is 13.4. The Hall–Kier alpha value is -3.64. The molecule has 1 aliphatic carbocycles. The van der Waals surface area contributed by atoms with E-state index in [2.05, 4.69) is 66.0 Å². The average molecular weight is 457 g/mol. The molecule has 2 N–H and O–H groups in total. The summed E-state index contributed by atoms with van der Waals surface area (Å²) in [6.45, 7) is 0.476. The van der Waals surface area contributed by atoms with Crippen LogP contribution in [-0.4, -0.2) is 29.2 Å². The number of carboxylic acid groups (broad SMARTS) is 1. The SMILES string of the molecule is O=C(O)COc1cccc2c1Cc1sc(NCCC(c3ccccc3)c3ccccc3)nc1-2. The normalized spacial score (nSPS) is 11.8. The second kappa shape index (κ2) is 9.46. The van der Waals surface area contributed by atoms with E-state index in [4.69, 9.17) is 14.8 Å². The second-order valence-corrected chi connectivity index (χ2v) is 9.11. The Balaban J connectivity index is 1.28. The third-order valence-corrected chi connectivity index (χ3v) is 6.90. The fourth-order valence-corrected chi connectivity index (χ4v) is 5.40. The zero-order chi connectivity index (χ0) is 22.6. The van der Waals surface area contributed by atoms with Crippen LogP contribution in [0.25, 0.3) is 11.3 Å². The molecule has 0 radical (unpaired) electrons. The Labute approximate surface area is 196 Å². The van der Waals surface area contributed by atoms with Gasteiger partial charge in [-0.15, -0.1) is 11.3 Å². The van der Waals surface area contributed by atoms with Gasteiger partial charge in [0.15, 0.2) is 11.7 Å². The maximum Gasteiger partial charge on any atom is 0.341 e. The summed E-state index contributed by atoms with van der Waals surface area (Å²) in [5.41, 5.74) is 5.65. The van der Waals surface area contributed by atoms with E-state index < -0.39 is 5.97 Å². The monoisotopic (exact) mass is 456 g/mol. The number of hydrogen-bond acceptors (Lipinski definition) is 5. The van der Waals surface area contributed by atoms with E-state index in [1.165, 1.54) is 16.0 Å². The number of carbonyl (C=O) groups is 1. The van der Waals surface area contributed by atoms with Gasteiger partial charge in [0.25, 0.3) is 0 Å². The smallest absolute Gasteiger partial charge is 0.341 e. The van der Waals surface area contributed by atoms with Gasteiger partial charge in [-0.05, 0) is 23.6 Å². The summed E-state index contributed by atoms with van der Waals surface area (Å²) in [5.74, 6) is -0.0288. The van der Waals surface area contributed by atoms with Crippen molar-refractivity contribution in [3.63, 3.8) is 0 Å². The van der Waals surface area contributed by atoms with Crippen molar-refractivity contribution >= 4 is 22.4 Å². The molecule has 166 valence electrons. The van der Waals surface area contributed by atoms with E-state index in [0.29, 0.717) is 11.7 Å². The average Bonchev–Trinajstić information content (AvgIpc) is 3.39. The van der Waals surface area contributed by atoms with Crippen LogP contribution >= 0.6 is 11.3 Å². The molecular weight excluding hydrogens is 432 g/mol. The zero-order valence-electron chi connectivity index (χ0n) is 18.0. The van der Waals surface area contributed by atoms with Gasteiger partial charge in [0, 0.05) is 34.9 Å². The number of aromatic nitrogens is 1. The fraction of sp³-hybridized carbons (Fsp3) is 0.185. The van der Waals surface area contributed by atoms with E-state index in [1.807, 2.05) is 18.2 Å². The molecule has 1 aromatic heterocycles. The van der Waals surface area contributed by atoms with Gasteiger partial charge in [-0.2, -0.15) is 0 Å². The largest absolute Gasteiger partial charge is 0.482 e. The van der Waals surface area contributed by atoms with E-state index in [1.54, 1.807) is 11.3 Å². The number of ether oxygens (including phenoxy) is 1. The Bertz CT molecular complexity index is 1220. The van der Waals surface area contributed by atoms with Crippen molar-refractivity contribution in [2.24, 2.45) is 0 Å². The number of hydrogen-bond donors (Lipinski definition) is 2. The van der Waals surface area contributed by atoms with Crippen molar-refractivity contribution in [2.75, 3.05) is 18.5 Å². The molecule has 6 heteroatoms. The highest BCUT2D eigenvalue weighted by atomic mass is 32.1. The number of nitrogens with zero attached hydrogens (tertiary/aromatic N) is 1. The van der Waals surface area contributed by atoms with Gasteiger partial charge < -0.3 is 15.2 Å². The molecule has 0 bridgehead atoms. The molecule has 0 atom stereocenters. The molecule has 5 rings (SSSR count). The minimum Gasteiger partial charge on any atom is -0.482 e. The first-order valence-corrected chi connectivity index (χ1v) is 11.8. The van der Waals surface area contributed by atoms with Crippen LogP contribution < -0.4 is 10.1 Å². The van der Waals surface area contributed by atoms with Crippen molar-refractivity contribution < 1.29 is 14.6 Å². The van der Waals surface area contributed by atoms with Crippen LogP contribution in [-0.2, 0) is 11.2 Å². The first-order valence-electron chi connectivity index (χ1n) is 11.0. The highest BCUT2D eigenvalue weighted by Gasteiger charge is 2.26. The molecule has 0 aliphatic heterocycles. The molecule has 1 aliphatic rings. The maximum absolute atomic E-state index is 10.9. The van der Waals surface area contributed by atoms with Crippen molar-refractivity contribution in [1.82, 2.24) is 4.98 Å². The molecule has 0 amide bonds. The number of rotatable bonds is 9. The summed E-state index contributed by atoms with van der Waals surface area (Å²) < 4.78 is 5.48. The van der Waals surface area contributed by atoms with E-state index in [0.717, 1.165) is 41.3 Å². The third kappa shape index (κ3) is 4.61. The maximum atomic E-state index is 10.9. The minimum absolute atomic E-state index is 0.321. The number of carboxylic acids is 1. The summed E-state index contributed by atoms with van der Waals surface area (Å²) in [7, 11) is 0. The molecular formula is C27H24N2O3S. The van der Waals surface area contributed by atoms with Gasteiger partial charge in [-0.3, -0.25) is 0 Å². The lowest BCUT2D eigenvalue weighted by Crippen LogP contribution is -2.10. The van der Waals surface area contributed by atoms with E-state index in [9.17, 15) is 4.79 Å². The Kier molecular flexibility index (Phi) is 6.09. The number of benzene rings is 3. The zero-order valence-corrected chi connectivity index (χ0v) is 18.8.